The normalized spacial score (nSPS) is 17.5. The lowest BCUT2D eigenvalue weighted by Gasteiger charge is -2.36. The van der Waals surface area contributed by atoms with E-state index >= 15 is 0 Å². The number of aromatic nitrogens is 3. The molecule has 3 aliphatic heterocycles. The summed E-state index contributed by atoms with van der Waals surface area (Å²) in [6.07, 6.45) is -0.310. The second kappa shape index (κ2) is 18.0. The molecule has 0 spiro atoms. The maximum atomic E-state index is 14.8. The number of likely N-dealkylation sites (tertiary alicyclic amines) is 1. The molecule has 62 heavy (non-hydrogen) atoms. The molecule has 3 fully saturated rings. The first-order valence-corrected chi connectivity index (χ1v) is 20.7. The number of imidazole rings is 1. The molecule has 4 amide bonds. The van der Waals surface area contributed by atoms with Crippen LogP contribution >= 0.6 is 0 Å². The van der Waals surface area contributed by atoms with Crippen molar-refractivity contribution in [2.24, 2.45) is 7.05 Å². The summed E-state index contributed by atoms with van der Waals surface area (Å²) in [5, 5.41) is 2.57. The number of aromatic amines is 1. The Hall–Kier alpha value is -6.17. The Morgan fingerprint density at radius 3 is 2.26 bits per heavy atom. The van der Waals surface area contributed by atoms with E-state index in [9.17, 15) is 41.5 Å². The van der Waals surface area contributed by atoms with E-state index < -0.39 is 35.8 Å². The van der Waals surface area contributed by atoms with Crippen LogP contribution in [0.3, 0.4) is 0 Å². The summed E-state index contributed by atoms with van der Waals surface area (Å²) >= 11 is 0. The van der Waals surface area contributed by atoms with Gasteiger partial charge in [0.05, 0.1) is 16.6 Å². The highest BCUT2D eigenvalue weighted by Crippen LogP contribution is 2.41. The molecule has 0 aliphatic carbocycles. The van der Waals surface area contributed by atoms with E-state index in [1.807, 2.05) is 21.9 Å². The predicted octanol–water partition coefficient (Wildman–Crippen LogP) is 5.59. The molecule has 0 saturated carbocycles. The number of benzene rings is 3. The Balaban J connectivity index is 0.000000572. The van der Waals surface area contributed by atoms with Crippen LogP contribution in [0.1, 0.15) is 61.1 Å². The molecule has 3 aromatic carbocycles. The molecule has 1 unspecified atom stereocenters. The zero-order valence-corrected chi connectivity index (χ0v) is 35.1. The number of carbonyl (C=O) groups is 4. The number of ether oxygens (including phenoxy) is 1. The first-order valence-electron chi connectivity index (χ1n) is 20.7. The zero-order valence-electron chi connectivity index (χ0n) is 35.1. The number of carbonyl (C=O) groups excluding carboxylic acids is 4. The number of alkyl halides is 3. The van der Waals surface area contributed by atoms with Crippen molar-refractivity contribution >= 4 is 51.3 Å². The number of nitrogens with zero attached hydrogens (tertiary/aromatic N) is 6. The summed E-state index contributed by atoms with van der Waals surface area (Å²) < 4.78 is 63.5. The first-order chi connectivity index (χ1) is 29.5. The Kier molecular flexibility index (Phi) is 12.8. The molecule has 8 rings (SSSR count). The van der Waals surface area contributed by atoms with Gasteiger partial charge in [-0.1, -0.05) is 18.2 Å². The summed E-state index contributed by atoms with van der Waals surface area (Å²) in [5.41, 5.74) is 2.90. The molecule has 2 aromatic heterocycles. The van der Waals surface area contributed by atoms with Crippen LogP contribution in [0.5, 0.6) is 5.75 Å². The summed E-state index contributed by atoms with van der Waals surface area (Å²) in [7, 11) is 4.74. The number of hydrogen-bond acceptors (Lipinski definition) is 8. The van der Waals surface area contributed by atoms with Gasteiger partial charge in [-0.2, -0.15) is 0 Å². The third-order valence-corrected chi connectivity index (χ3v) is 11.8. The second-order valence-corrected chi connectivity index (χ2v) is 16.1. The van der Waals surface area contributed by atoms with Gasteiger partial charge in [0.1, 0.15) is 23.3 Å². The van der Waals surface area contributed by atoms with Crippen LogP contribution in [0.2, 0.25) is 0 Å². The van der Waals surface area contributed by atoms with Gasteiger partial charge in [-0.25, -0.2) is 9.18 Å². The molecule has 18 heteroatoms. The molecule has 3 aliphatic rings. The maximum absolute atomic E-state index is 14.8. The van der Waals surface area contributed by atoms with Gasteiger partial charge in [-0.05, 0) is 73.6 Å². The highest BCUT2D eigenvalue weighted by molar-refractivity contribution is 6.04. The lowest BCUT2D eigenvalue weighted by Crippen LogP contribution is -2.47. The maximum Gasteiger partial charge on any atom is 0.573 e. The monoisotopic (exact) mass is 862 g/mol. The Morgan fingerprint density at radius 1 is 0.903 bits per heavy atom. The van der Waals surface area contributed by atoms with Crippen LogP contribution in [-0.4, -0.2) is 119 Å². The van der Waals surface area contributed by atoms with Crippen molar-refractivity contribution in [1.29, 1.82) is 0 Å². The minimum atomic E-state index is -5.00. The van der Waals surface area contributed by atoms with Gasteiger partial charge in [-0.3, -0.25) is 38.5 Å². The van der Waals surface area contributed by atoms with E-state index in [1.165, 1.54) is 71.7 Å². The molecule has 0 radical (unpaired) electrons. The molecule has 330 valence electrons. The fraction of sp³-hybridized carbons (Fsp3) is 0.432. The first kappa shape index (κ1) is 43.9. The van der Waals surface area contributed by atoms with Crippen LogP contribution in [0.15, 0.2) is 59.4 Å². The summed E-state index contributed by atoms with van der Waals surface area (Å²) in [6.45, 7) is 6.54. The van der Waals surface area contributed by atoms with Gasteiger partial charge >= 0.3 is 12.1 Å². The van der Waals surface area contributed by atoms with Crippen molar-refractivity contribution in [1.82, 2.24) is 34.1 Å². The number of H-pyrrole nitrogens is 1. The summed E-state index contributed by atoms with van der Waals surface area (Å²) in [5.74, 6) is -2.14. The van der Waals surface area contributed by atoms with E-state index in [-0.39, 0.29) is 58.1 Å². The molecular formula is C44H50F4N8O6. The molecule has 5 heterocycles. The van der Waals surface area contributed by atoms with E-state index in [1.54, 1.807) is 26.1 Å². The number of para-hydroxylation sites is 1. The van der Waals surface area contributed by atoms with E-state index in [0.29, 0.717) is 50.3 Å². The highest BCUT2D eigenvalue weighted by atomic mass is 19.4. The van der Waals surface area contributed by atoms with Crippen molar-refractivity contribution in [3.8, 4) is 16.9 Å². The minimum absolute atomic E-state index is 0.00352. The Labute approximate surface area is 355 Å². The number of aryl methyl sites for hydroxylation is 1. The quantitative estimate of drug-likeness (QED) is 0.152. The molecule has 5 aromatic rings. The highest BCUT2D eigenvalue weighted by Gasteiger charge is 2.34. The molecule has 3 saturated heterocycles. The smallest absolute Gasteiger partial charge is 0.405 e. The van der Waals surface area contributed by atoms with Crippen molar-refractivity contribution in [3.05, 3.63) is 82.2 Å². The van der Waals surface area contributed by atoms with E-state index in [2.05, 4.69) is 19.9 Å². The number of nitrogens with one attached hydrogen (secondary N) is 2. The SMILES string of the molecule is CC(=O)N1CCCCC1.CN(C)C(=O)c1cc2c(-c3ccc(N4CCN(CCc5cccc6c5n(C)c(=O)n6C5CCC(=O)NC5=O)CC4)cc3OC(F)(F)F)ccc(F)c2[nH]1. The van der Waals surface area contributed by atoms with Gasteiger partial charge < -0.3 is 24.4 Å². The molecule has 1 atom stereocenters. The summed E-state index contributed by atoms with van der Waals surface area (Å²) in [6, 6.07) is 13.3. The average molecular weight is 863 g/mol. The topological polar surface area (TPSA) is 145 Å². The van der Waals surface area contributed by atoms with Gasteiger partial charge in [-0.15, -0.1) is 13.2 Å². The Bertz CT molecular complexity index is 2570. The van der Waals surface area contributed by atoms with Crippen LogP contribution in [0, 0.1) is 5.82 Å². The van der Waals surface area contributed by atoms with Gasteiger partial charge in [0.15, 0.2) is 0 Å². The number of piperidine rings is 2. The molecular weight excluding hydrogens is 813 g/mol. The molecule has 0 bridgehead atoms. The fourth-order valence-electron chi connectivity index (χ4n) is 8.58. The Morgan fingerprint density at radius 2 is 1.61 bits per heavy atom. The van der Waals surface area contributed by atoms with Gasteiger partial charge in [0.2, 0.25) is 17.7 Å². The van der Waals surface area contributed by atoms with Gasteiger partial charge in [0.25, 0.3) is 5.91 Å². The molecule has 2 N–H and O–H groups in total. The van der Waals surface area contributed by atoms with E-state index in [4.69, 9.17) is 0 Å². The zero-order chi connectivity index (χ0) is 44.5. The number of rotatable bonds is 8. The standard InChI is InChI=1S/C37H37F4N7O5.C7H13NO/c1-44(2)35(51)27-20-25-23(9-10-26(38)32(25)42-27)24-8-7-22(19-30(24)53-37(39,40)41)47-17-15-46(16-18-47)14-13-21-5-4-6-28-33(21)45(3)36(52)48(28)29-11-12-31(49)43-34(29)50;1-7(9)8-5-3-2-4-6-8/h4-10,19-20,29,42H,11-18H2,1-3H3,(H,43,49,50);2-6H2,1H3. The second-order valence-electron chi connectivity index (χ2n) is 16.1. The fourth-order valence-corrected chi connectivity index (χ4v) is 8.58. The number of hydrogen-bond donors (Lipinski definition) is 2. The number of anilines is 1. The summed E-state index contributed by atoms with van der Waals surface area (Å²) in [4.78, 5) is 71.1. The number of halogens is 4. The predicted molar refractivity (Wildman–Crippen MR) is 225 cm³/mol. The largest absolute Gasteiger partial charge is 0.573 e. The number of imide groups is 1. The third-order valence-electron chi connectivity index (χ3n) is 11.8. The van der Waals surface area contributed by atoms with Crippen molar-refractivity contribution in [2.75, 3.05) is 64.8 Å². The van der Waals surface area contributed by atoms with Gasteiger partial charge in [0, 0.05) is 103 Å². The van der Waals surface area contributed by atoms with Crippen molar-refractivity contribution in [3.63, 3.8) is 0 Å². The lowest BCUT2D eigenvalue weighted by molar-refractivity contribution is -0.274. The number of fused-ring (bicyclic) bond motifs is 2. The number of amides is 4. The third kappa shape index (κ3) is 9.34. The van der Waals surface area contributed by atoms with Crippen molar-refractivity contribution < 1.29 is 41.5 Å². The molecule has 14 nitrogen and oxygen atoms in total. The van der Waals surface area contributed by atoms with E-state index in [0.717, 1.165) is 30.2 Å². The van der Waals surface area contributed by atoms with Crippen LogP contribution in [0.4, 0.5) is 23.2 Å². The minimum Gasteiger partial charge on any atom is -0.405 e. The lowest BCUT2D eigenvalue weighted by atomic mass is 9.99. The average Bonchev–Trinajstić information content (AvgIpc) is 3.80. The van der Waals surface area contributed by atoms with Crippen LogP contribution in [-0.2, 0) is 27.9 Å². The number of piperazine rings is 1. The van der Waals surface area contributed by atoms with Crippen molar-refractivity contribution in [2.45, 2.75) is 57.9 Å². The van der Waals surface area contributed by atoms with Crippen LogP contribution in [0.25, 0.3) is 33.1 Å². The van der Waals surface area contributed by atoms with Crippen LogP contribution < -0.4 is 20.6 Å².